The third-order valence-electron chi connectivity index (χ3n) is 7.44. The van der Waals surface area contributed by atoms with Crippen molar-refractivity contribution in [1.29, 1.82) is 0 Å². The summed E-state index contributed by atoms with van der Waals surface area (Å²) in [4.78, 5) is 37.5. The molecule has 2 aromatic rings. The summed E-state index contributed by atoms with van der Waals surface area (Å²) in [6.45, 7) is 9.75. The van der Waals surface area contributed by atoms with Crippen LogP contribution in [0.1, 0.15) is 43.6 Å². The van der Waals surface area contributed by atoms with Gasteiger partial charge in [0, 0.05) is 13.8 Å². The zero-order valence-corrected chi connectivity index (χ0v) is 25.8. The highest BCUT2D eigenvalue weighted by atomic mass is 16.7. The van der Waals surface area contributed by atoms with Crippen LogP contribution in [-0.4, -0.2) is 90.9 Å². The average molecular weight is 628 g/mol. The number of benzene rings is 2. The first kappa shape index (κ1) is 34.2. The van der Waals surface area contributed by atoms with Crippen LogP contribution in [0.5, 0.6) is 0 Å². The SMILES string of the molecule is C=CCO[C@@H]1[C@@H](OC(=O)c2ccccc2)[C@H](C)O[C@@H](O)[C@@H]1O[C@@H]1O[C@H](C)[C@H](OC(C)=O)[C@H](NC(C)=O)[C@H]1OCc1ccccc1. The van der Waals surface area contributed by atoms with Crippen molar-refractivity contribution < 1.29 is 52.6 Å². The number of aliphatic hydroxyl groups is 1. The van der Waals surface area contributed by atoms with Gasteiger partial charge in [0.1, 0.15) is 18.3 Å². The lowest BCUT2D eigenvalue weighted by molar-refractivity contribution is -0.354. The Hall–Kier alpha value is -3.65. The van der Waals surface area contributed by atoms with Gasteiger partial charge in [0.2, 0.25) is 5.91 Å². The third kappa shape index (κ3) is 8.97. The maximum Gasteiger partial charge on any atom is 0.338 e. The third-order valence-corrected chi connectivity index (χ3v) is 7.44. The van der Waals surface area contributed by atoms with Crippen molar-refractivity contribution in [2.45, 2.75) is 95.7 Å². The standard InChI is InChI=1S/C33H41NO11/c1-6-17-39-29-27(44-31(37)24-15-11-8-12-16-24)20(3)41-32(38)30(29)45-33-28(40-18-23-13-9-7-10-14-23)25(34-21(4)35)26(19(2)42-33)43-22(5)36/h6-16,19-20,25-30,32-33,38H,1,17-18H2,2-5H3,(H,34,35)/t19-,20+,25+,26+,27+,28-,29-,30-,32-,33+/m1/s1. The first-order chi connectivity index (χ1) is 21.6. The van der Waals surface area contributed by atoms with E-state index in [0.717, 1.165) is 5.56 Å². The Kier molecular flexibility index (Phi) is 12.2. The molecule has 0 spiro atoms. The van der Waals surface area contributed by atoms with E-state index in [9.17, 15) is 19.5 Å². The monoisotopic (exact) mass is 627 g/mol. The number of hydrogen-bond donors (Lipinski definition) is 2. The van der Waals surface area contributed by atoms with Gasteiger partial charge in [-0.05, 0) is 31.5 Å². The number of nitrogens with one attached hydrogen (secondary N) is 1. The van der Waals surface area contributed by atoms with Crippen LogP contribution in [0, 0.1) is 0 Å². The van der Waals surface area contributed by atoms with Crippen LogP contribution in [0.2, 0.25) is 0 Å². The van der Waals surface area contributed by atoms with E-state index < -0.39 is 79.2 Å². The lowest BCUT2D eigenvalue weighted by atomic mass is 9.95. The molecule has 0 saturated carbocycles. The number of aliphatic hydroxyl groups excluding tert-OH is 1. The van der Waals surface area contributed by atoms with E-state index in [1.54, 1.807) is 44.2 Å². The Morgan fingerprint density at radius 1 is 0.844 bits per heavy atom. The number of ether oxygens (including phenoxy) is 7. The second-order valence-corrected chi connectivity index (χ2v) is 10.9. The van der Waals surface area contributed by atoms with Gasteiger partial charge in [-0.3, -0.25) is 9.59 Å². The van der Waals surface area contributed by atoms with Crippen LogP contribution >= 0.6 is 0 Å². The van der Waals surface area contributed by atoms with Crippen molar-refractivity contribution in [3.63, 3.8) is 0 Å². The molecule has 2 aromatic carbocycles. The molecule has 12 heteroatoms. The van der Waals surface area contributed by atoms with Gasteiger partial charge < -0.3 is 43.6 Å². The quantitative estimate of drug-likeness (QED) is 0.264. The number of amides is 1. The fraction of sp³-hybridized carbons (Fsp3) is 0.485. The fourth-order valence-electron chi connectivity index (χ4n) is 5.42. The van der Waals surface area contributed by atoms with Crippen LogP contribution in [0.25, 0.3) is 0 Å². The van der Waals surface area contributed by atoms with E-state index in [2.05, 4.69) is 11.9 Å². The minimum atomic E-state index is -1.53. The second-order valence-electron chi connectivity index (χ2n) is 10.9. The summed E-state index contributed by atoms with van der Waals surface area (Å²) in [5.74, 6) is -1.58. The summed E-state index contributed by atoms with van der Waals surface area (Å²) in [6, 6.07) is 16.9. The van der Waals surface area contributed by atoms with Gasteiger partial charge in [0.05, 0.1) is 37.0 Å². The molecule has 10 atom stereocenters. The van der Waals surface area contributed by atoms with Crippen LogP contribution in [-0.2, 0) is 49.4 Å². The lowest BCUT2D eigenvalue weighted by Crippen LogP contribution is -2.67. The molecule has 4 rings (SSSR count). The molecule has 244 valence electrons. The van der Waals surface area contributed by atoms with Gasteiger partial charge in [0.25, 0.3) is 0 Å². The van der Waals surface area contributed by atoms with Crippen LogP contribution in [0.15, 0.2) is 73.3 Å². The molecule has 2 heterocycles. The Morgan fingerprint density at radius 3 is 2.11 bits per heavy atom. The number of carbonyl (C=O) groups excluding carboxylic acids is 3. The normalized spacial score (nSPS) is 31.4. The molecule has 0 radical (unpaired) electrons. The van der Waals surface area contributed by atoms with Crippen LogP contribution in [0.4, 0.5) is 0 Å². The molecule has 45 heavy (non-hydrogen) atoms. The van der Waals surface area contributed by atoms with Gasteiger partial charge in [-0.25, -0.2) is 4.79 Å². The Labute approximate surface area is 262 Å². The van der Waals surface area contributed by atoms with Gasteiger partial charge in [-0.15, -0.1) is 6.58 Å². The molecule has 2 fully saturated rings. The minimum Gasteiger partial charge on any atom is -0.457 e. The Bertz CT molecular complexity index is 1280. The molecular formula is C33H41NO11. The predicted molar refractivity (Wildman–Crippen MR) is 160 cm³/mol. The van der Waals surface area contributed by atoms with Crippen LogP contribution in [0.3, 0.4) is 0 Å². The molecular weight excluding hydrogens is 586 g/mol. The highest BCUT2D eigenvalue weighted by Gasteiger charge is 2.53. The van der Waals surface area contributed by atoms with Crippen molar-refractivity contribution >= 4 is 17.8 Å². The average Bonchev–Trinajstić information content (AvgIpc) is 3.01. The molecule has 2 N–H and O–H groups in total. The van der Waals surface area contributed by atoms with E-state index in [4.69, 9.17) is 33.2 Å². The summed E-state index contributed by atoms with van der Waals surface area (Å²) in [5.41, 5.74) is 1.15. The summed E-state index contributed by atoms with van der Waals surface area (Å²) in [5, 5.41) is 14.0. The molecule has 2 aliphatic rings. The van der Waals surface area contributed by atoms with Gasteiger partial charge in [-0.2, -0.15) is 0 Å². The predicted octanol–water partition coefficient (Wildman–Crippen LogP) is 2.67. The van der Waals surface area contributed by atoms with Gasteiger partial charge >= 0.3 is 11.9 Å². The summed E-state index contributed by atoms with van der Waals surface area (Å²) >= 11 is 0. The van der Waals surface area contributed by atoms with Crippen molar-refractivity contribution in [2.24, 2.45) is 0 Å². The highest BCUT2D eigenvalue weighted by molar-refractivity contribution is 5.89. The van der Waals surface area contributed by atoms with Gasteiger partial charge in [0.15, 0.2) is 24.8 Å². The van der Waals surface area contributed by atoms with Crippen molar-refractivity contribution in [3.8, 4) is 0 Å². The molecule has 2 saturated heterocycles. The van der Waals surface area contributed by atoms with Crippen molar-refractivity contribution in [3.05, 3.63) is 84.4 Å². The Balaban J connectivity index is 1.65. The fourth-order valence-corrected chi connectivity index (χ4v) is 5.42. The van der Waals surface area contributed by atoms with Gasteiger partial charge in [-0.1, -0.05) is 54.6 Å². The van der Waals surface area contributed by atoms with Crippen molar-refractivity contribution in [1.82, 2.24) is 5.32 Å². The largest absolute Gasteiger partial charge is 0.457 e. The van der Waals surface area contributed by atoms with E-state index in [-0.39, 0.29) is 13.2 Å². The molecule has 0 bridgehead atoms. The molecule has 12 nitrogen and oxygen atoms in total. The number of carbonyl (C=O) groups is 3. The number of esters is 2. The van der Waals surface area contributed by atoms with E-state index in [0.29, 0.717) is 5.56 Å². The maximum absolute atomic E-state index is 13.1. The number of hydrogen-bond acceptors (Lipinski definition) is 11. The summed E-state index contributed by atoms with van der Waals surface area (Å²) < 4.78 is 42.1. The molecule has 0 aromatic heterocycles. The minimum absolute atomic E-state index is 0.0439. The smallest absolute Gasteiger partial charge is 0.338 e. The van der Waals surface area contributed by atoms with Crippen LogP contribution < -0.4 is 5.32 Å². The maximum atomic E-state index is 13.1. The molecule has 0 aliphatic carbocycles. The number of rotatable bonds is 12. The van der Waals surface area contributed by atoms with E-state index in [1.807, 2.05) is 30.3 Å². The highest BCUT2D eigenvalue weighted by Crippen LogP contribution is 2.33. The zero-order chi connectivity index (χ0) is 32.5. The summed E-state index contributed by atoms with van der Waals surface area (Å²) in [7, 11) is 0. The molecule has 2 aliphatic heterocycles. The molecule has 1 amide bonds. The second kappa shape index (κ2) is 16.1. The topological polar surface area (TPSA) is 148 Å². The van der Waals surface area contributed by atoms with E-state index >= 15 is 0 Å². The summed E-state index contributed by atoms with van der Waals surface area (Å²) in [6.07, 6.45) is -8.04. The lowest BCUT2D eigenvalue weighted by Gasteiger charge is -2.48. The first-order valence-corrected chi connectivity index (χ1v) is 14.8. The first-order valence-electron chi connectivity index (χ1n) is 14.8. The van der Waals surface area contributed by atoms with Crippen molar-refractivity contribution in [2.75, 3.05) is 6.61 Å². The zero-order valence-electron chi connectivity index (χ0n) is 25.8. The van der Waals surface area contributed by atoms with E-state index in [1.165, 1.54) is 19.9 Å². The molecule has 0 unspecified atom stereocenters. The Morgan fingerprint density at radius 2 is 1.49 bits per heavy atom.